The van der Waals surface area contributed by atoms with Crippen molar-refractivity contribution in [2.45, 2.75) is 26.4 Å². The standard InChI is InChI=1S/C18H20N4O3/c1-11-3-4-13(8-19-11)9-20-18(24)21-12(2)14-5-6-16-15(7-14)22-17(23)10-25-16/h3-8,12H,9-10H2,1-2H3,(H,22,23)(H2,20,21,24). The Morgan fingerprint density at radius 3 is 2.96 bits per heavy atom. The Morgan fingerprint density at radius 2 is 2.20 bits per heavy atom. The summed E-state index contributed by atoms with van der Waals surface area (Å²) in [5.41, 5.74) is 3.36. The van der Waals surface area contributed by atoms with Crippen LogP contribution in [-0.4, -0.2) is 23.5 Å². The van der Waals surface area contributed by atoms with Gasteiger partial charge in [0, 0.05) is 18.4 Å². The summed E-state index contributed by atoms with van der Waals surface area (Å²) in [6.45, 7) is 4.22. The Labute approximate surface area is 145 Å². The van der Waals surface area contributed by atoms with Gasteiger partial charge in [0.1, 0.15) is 5.75 Å². The molecule has 7 nitrogen and oxygen atoms in total. The summed E-state index contributed by atoms with van der Waals surface area (Å²) in [5, 5.41) is 8.44. The maximum Gasteiger partial charge on any atom is 0.315 e. The molecule has 0 bridgehead atoms. The molecular weight excluding hydrogens is 320 g/mol. The summed E-state index contributed by atoms with van der Waals surface area (Å²) in [7, 11) is 0. The third kappa shape index (κ3) is 4.26. The molecule has 130 valence electrons. The number of hydrogen-bond acceptors (Lipinski definition) is 4. The number of ether oxygens (including phenoxy) is 1. The van der Waals surface area contributed by atoms with Gasteiger partial charge in [-0.15, -0.1) is 0 Å². The van der Waals surface area contributed by atoms with Crippen molar-refractivity contribution in [3.8, 4) is 5.75 Å². The molecule has 1 aliphatic rings. The van der Waals surface area contributed by atoms with Crippen LogP contribution in [0.2, 0.25) is 0 Å². The number of hydrogen-bond donors (Lipinski definition) is 3. The van der Waals surface area contributed by atoms with E-state index in [1.165, 1.54) is 0 Å². The van der Waals surface area contributed by atoms with Crippen LogP contribution in [0, 0.1) is 6.92 Å². The summed E-state index contributed by atoms with van der Waals surface area (Å²) in [5.74, 6) is 0.446. The highest BCUT2D eigenvalue weighted by molar-refractivity contribution is 5.95. The van der Waals surface area contributed by atoms with Crippen LogP contribution in [0.5, 0.6) is 5.75 Å². The second kappa shape index (κ2) is 7.21. The smallest absolute Gasteiger partial charge is 0.315 e. The second-order valence-corrected chi connectivity index (χ2v) is 5.95. The number of aromatic nitrogens is 1. The van der Waals surface area contributed by atoms with E-state index < -0.39 is 0 Å². The van der Waals surface area contributed by atoms with Gasteiger partial charge in [0.15, 0.2) is 6.61 Å². The topological polar surface area (TPSA) is 92.4 Å². The Bertz CT molecular complexity index is 789. The molecule has 3 rings (SSSR count). The third-order valence-electron chi connectivity index (χ3n) is 3.91. The van der Waals surface area contributed by atoms with Crippen LogP contribution in [0.25, 0.3) is 0 Å². The second-order valence-electron chi connectivity index (χ2n) is 5.95. The Balaban J connectivity index is 1.57. The van der Waals surface area contributed by atoms with Crippen molar-refractivity contribution >= 4 is 17.6 Å². The zero-order chi connectivity index (χ0) is 17.8. The number of aryl methyl sites for hydroxylation is 1. The average molecular weight is 340 g/mol. The van der Waals surface area contributed by atoms with Gasteiger partial charge in [-0.1, -0.05) is 12.1 Å². The average Bonchev–Trinajstić information content (AvgIpc) is 2.60. The molecule has 0 radical (unpaired) electrons. The van der Waals surface area contributed by atoms with E-state index in [4.69, 9.17) is 4.74 Å². The molecule has 1 aromatic carbocycles. The van der Waals surface area contributed by atoms with Crippen molar-refractivity contribution in [2.75, 3.05) is 11.9 Å². The van der Waals surface area contributed by atoms with Crippen molar-refractivity contribution in [1.29, 1.82) is 0 Å². The first kappa shape index (κ1) is 16.8. The Hall–Kier alpha value is -3.09. The number of nitrogens with one attached hydrogen (secondary N) is 3. The minimum atomic E-state index is -0.272. The molecule has 0 aliphatic carbocycles. The van der Waals surface area contributed by atoms with E-state index in [0.29, 0.717) is 18.0 Å². The molecule has 1 atom stereocenters. The monoisotopic (exact) mass is 340 g/mol. The molecule has 0 saturated carbocycles. The van der Waals surface area contributed by atoms with E-state index in [1.807, 2.05) is 32.0 Å². The van der Waals surface area contributed by atoms with Crippen LogP contribution in [0.1, 0.15) is 29.8 Å². The number of rotatable bonds is 4. The zero-order valence-electron chi connectivity index (χ0n) is 14.1. The fraction of sp³-hybridized carbons (Fsp3) is 0.278. The van der Waals surface area contributed by atoms with Gasteiger partial charge in [-0.05, 0) is 43.2 Å². The number of carbonyl (C=O) groups excluding carboxylic acids is 2. The summed E-state index contributed by atoms with van der Waals surface area (Å²) in [6.07, 6.45) is 1.74. The quantitative estimate of drug-likeness (QED) is 0.796. The lowest BCUT2D eigenvalue weighted by Crippen LogP contribution is -2.36. The minimum absolute atomic E-state index is 0.0242. The summed E-state index contributed by atoms with van der Waals surface area (Å²) in [6, 6.07) is 8.80. The molecule has 1 aromatic heterocycles. The molecule has 3 amide bonds. The van der Waals surface area contributed by atoms with Crippen molar-refractivity contribution in [2.24, 2.45) is 0 Å². The maximum absolute atomic E-state index is 12.1. The first-order valence-corrected chi connectivity index (χ1v) is 8.04. The SMILES string of the molecule is Cc1ccc(CNC(=O)NC(C)c2ccc3c(c2)NC(=O)CO3)cn1. The van der Waals surface area contributed by atoms with Crippen LogP contribution in [0.4, 0.5) is 10.5 Å². The van der Waals surface area contributed by atoms with Gasteiger partial charge >= 0.3 is 6.03 Å². The number of pyridine rings is 1. The van der Waals surface area contributed by atoms with Gasteiger partial charge in [-0.25, -0.2) is 4.79 Å². The molecule has 7 heteroatoms. The largest absolute Gasteiger partial charge is 0.482 e. The lowest BCUT2D eigenvalue weighted by Gasteiger charge is -2.21. The summed E-state index contributed by atoms with van der Waals surface area (Å²) in [4.78, 5) is 27.7. The lowest BCUT2D eigenvalue weighted by molar-refractivity contribution is -0.118. The fourth-order valence-corrected chi connectivity index (χ4v) is 2.49. The van der Waals surface area contributed by atoms with Crippen LogP contribution in [0.15, 0.2) is 36.5 Å². The van der Waals surface area contributed by atoms with Crippen LogP contribution < -0.4 is 20.7 Å². The predicted molar refractivity (Wildman–Crippen MR) is 93.3 cm³/mol. The molecule has 1 aliphatic heterocycles. The van der Waals surface area contributed by atoms with E-state index in [9.17, 15) is 9.59 Å². The molecule has 0 spiro atoms. The summed E-state index contributed by atoms with van der Waals surface area (Å²) >= 11 is 0. The van der Waals surface area contributed by atoms with Gasteiger partial charge in [-0.2, -0.15) is 0 Å². The number of anilines is 1. The molecule has 2 heterocycles. The number of amides is 3. The van der Waals surface area contributed by atoms with Gasteiger partial charge in [0.05, 0.1) is 11.7 Å². The van der Waals surface area contributed by atoms with Crippen molar-refractivity contribution in [3.63, 3.8) is 0 Å². The first-order valence-electron chi connectivity index (χ1n) is 8.04. The van der Waals surface area contributed by atoms with Crippen molar-refractivity contribution < 1.29 is 14.3 Å². The number of benzene rings is 1. The fourth-order valence-electron chi connectivity index (χ4n) is 2.49. The van der Waals surface area contributed by atoms with E-state index >= 15 is 0 Å². The van der Waals surface area contributed by atoms with E-state index in [1.54, 1.807) is 18.3 Å². The van der Waals surface area contributed by atoms with E-state index in [0.717, 1.165) is 16.8 Å². The molecular formula is C18H20N4O3. The molecule has 0 saturated heterocycles. The normalized spacial score (nSPS) is 13.9. The van der Waals surface area contributed by atoms with Crippen molar-refractivity contribution in [3.05, 3.63) is 53.3 Å². The first-order chi connectivity index (χ1) is 12.0. The molecule has 3 N–H and O–H groups in total. The number of fused-ring (bicyclic) bond motifs is 1. The molecule has 1 unspecified atom stereocenters. The van der Waals surface area contributed by atoms with Crippen LogP contribution in [-0.2, 0) is 11.3 Å². The highest BCUT2D eigenvalue weighted by Crippen LogP contribution is 2.30. The number of carbonyl (C=O) groups is 2. The maximum atomic E-state index is 12.1. The zero-order valence-corrected chi connectivity index (χ0v) is 14.1. The third-order valence-corrected chi connectivity index (χ3v) is 3.91. The molecule has 0 fully saturated rings. The van der Waals surface area contributed by atoms with E-state index in [-0.39, 0.29) is 24.6 Å². The van der Waals surface area contributed by atoms with Gasteiger partial charge in [0.2, 0.25) is 0 Å². The summed E-state index contributed by atoms with van der Waals surface area (Å²) < 4.78 is 5.33. The highest BCUT2D eigenvalue weighted by atomic mass is 16.5. The molecule has 25 heavy (non-hydrogen) atoms. The van der Waals surface area contributed by atoms with Gasteiger partial charge in [-0.3, -0.25) is 9.78 Å². The highest BCUT2D eigenvalue weighted by Gasteiger charge is 2.18. The van der Waals surface area contributed by atoms with Crippen LogP contribution >= 0.6 is 0 Å². The Kier molecular flexibility index (Phi) is 4.83. The predicted octanol–water partition coefficient (Wildman–Crippen LogP) is 2.28. The number of urea groups is 1. The molecule has 2 aromatic rings. The van der Waals surface area contributed by atoms with Gasteiger partial charge in [0.25, 0.3) is 5.91 Å². The van der Waals surface area contributed by atoms with Gasteiger partial charge < -0.3 is 20.7 Å². The Morgan fingerprint density at radius 1 is 1.36 bits per heavy atom. The van der Waals surface area contributed by atoms with E-state index in [2.05, 4.69) is 20.9 Å². The van der Waals surface area contributed by atoms with Crippen molar-refractivity contribution in [1.82, 2.24) is 15.6 Å². The van der Waals surface area contributed by atoms with Crippen LogP contribution in [0.3, 0.4) is 0 Å². The number of nitrogens with zero attached hydrogens (tertiary/aromatic N) is 1. The lowest BCUT2D eigenvalue weighted by atomic mass is 10.1. The minimum Gasteiger partial charge on any atom is -0.482 e.